The molecule has 0 bridgehead atoms. The Labute approximate surface area is 222 Å². The van der Waals surface area contributed by atoms with E-state index in [0.29, 0.717) is 36.7 Å². The molecular formula is C27H24N4O6S. The Balaban J connectivity index is 1.15. The number of amides is 2. The summed E-state index contributed by atoms with van der Waals surface area (Å²) in [5, 5.41) is 17.6. The molecule has 194 valence electrons. The predicted octanol–water partition coefficient (Wildman–Crippen LogP) is 4.12. The fraction of sp³-hybridized carbons (Fsp3) is 0.185. The molecule has 0 unspecified atom stereocenters. The van der Waals surface area contributed by atoms with Crippen LogP contribution in [0, 0.1) is 10.1 Å². The van der Waals surface area contributed by atoms with Gasteiger partial charge in [-0.25, -0.2) is 0 Å². The minimum Gasteiger partial charge on any atom is -0.454 e. The Bertz CT molecular complexity index is 1500. The zero-order chi connectivity index (χ0) is 26.5. The number of nitro benzene ring substituents is 1. The Kier molecular flexibility index (Phi) is 7.45. The largest absolute Gasteiger partial charge is 0.454 e. The van der Waals surface area contributed by atoms with Gasteiger partial charge in [0.05, 0.1) is 10.7 Å². The van der Waals surface area contributed by atoms with Crippen molar-refractivity contribution in [3.05, 3.63) is 94.2 Å². The number of hydrogen-bond acceptors (Lipinski definition) is 7. The molecule has 2 amide bonds. The highest BCUT2D eigenvalue weighted by Gasteiger charge is 2.15. The Hall–Kier alpha value is -4.51. The number of rotatable bonds is 10. The van der Waals surface area contributed by atoms with Crippen LogP contribution in [0.2, 0.25) is 0 Å². The third-order valence-corrected chi connectivity index (χ3v) is 7.06. The number of carbonyl (C=O) groups is 2. The van der Waals surface area contributed by atoms with E-state index >= 15 is 0 Å². The van der Waals surface area contributed by atoms with Gasteiger partial charge in [0.25, 0.3) is 11.6 Å². The van der Waals surface area contributed by atoms with Gasteiger partial charge in [0.2, 0.25) is 12.7 Å². The molecule has 2 N–H and O–H groups in total. The summed E-state index contributed by atoms with van der Waals surface area (Å²) in [6.45, 7) is 1.50. The lowest BCUT2D eigenvalue weighted by Crippen LogP contribution is -2.27. The van der Waals surface area contributed by atoms with Crippen LogP contribution in [0.15, 0.2) is 77.8 Å². The number of aromatic nitrogens is 1. The molecule has 4 aromatic rings. The second kappa shape index (κ2) is 11.3. The summed E-state index contributed by atoms with van der Waals surface area (Å²) in [4.78, 5) is 36.2. The van der Waals surface area contributed by atoms with Crippen molar-refractivity contribution in [2.24, 2.45) is 0 Å². The molecule has 0 spiro atoms. The molecule has 1 aliphatic heterocycles. The van der Waals surface area contributed by atoms with E-state index in [-0.39, 0.29) is 30.0 Å². The second-order valence-corrected chi connectivity index (χ2v) is 9.53. The fourth-order valence-corrected chi connectivity index (χ4v) is 5.00. The van der Waals surface area contributed by atoms with E-state index in [1.54, 1.807) is 0 Å². The number of nitro groups is 1. The molecule has 0 fully saturated rings. The summed E-state index contributed by atoms with van der Waals surface area (Å²) < 4.78 is 12.7. The molecule has 0 saturated carbocycles. The minimum atomic E-state index is -0.503. The quantitative estimate of drug-likeness (QED) is 0.179. The van der Waals surface area contributed by atoms with Crippen molar-refractivity contribution in [3.8, 4) is 11.5 Å². The van der Waals surface area contributed by atoms with Gasteiger partial charge in [-0.3, -0.25) is 19.7 Å². The van der Waals surface area contributed by atoms with E-state index in [0.717, 1.165) is 21.4 Å². The number of benzene rings is 3. The summed E-state index contributed by atoms with van der Waals surface area (Å²) in [5.74, 6) is 1.26. The van der Waals surface area contributed by atoms with Gasteiger partial charge in [-0.05, 0) is 35.9 Å². The van der Waals surface area contributed by atoms with Crippen molar-refractivity contribution in [2.45, 2.75) is 18.0 Å². The number of ether oxygens (including phenoxy) is 2. The van der Waals surface area contributed by atoms with Crippen LogP contribution in [-0.4, -0.2) is 40.4 Å². The standard InChI is InChI=1S/C27H24N4O6S/c32-26(29-14-18-5-10-23-24(13-18)37-17-36-23)16-38-25-15-30(22-4-2-1-3-21(22)25)12-11-28-27(33)19-6-8-20(9-7-19)31(34)35/h1-10,13,15H,11-12,14,16-17H2,(H,28,33)(H,29,32). The summed E-state index contributed by atoms with van der Waals surface area (Å²) in [6, 6.07) is 19.0. The molecule has 3 aromatic carbocycles. The van der Waals surface area contributed by atoms with Crippen molar-refractivity contribution in [3.63, 3.8) is 0 Å². The maximum absolute atomic E-state index is 12.5. The van der Waals surface area contributed by atoms with Gasteiger partial charge in [0.15, 0.2) is 11.5 Å². The van der Waals surface area contributed by atoms with Gasteiger partial charge in [-0.2, -0.15) is 0 Å². The zero-order valence-corrected chi connectivity index (χ0v) is 21.0. The van der Waals surface area contributed by atoms with E-state index < -0.39 is 4.92 Å². The zero-order valence-electron chi connectivity index (χ0n) is 20.2. The van der Waals surface area contributed by atoms with Crippen LogP contribution in [0.25, 0.3) is 10.9 Å². The molecule has 1 aromatic heterocycles. The lowest BCUT2D eigenvalue weighted by molar-refractivity contribution is -0.384. The average molecular weight is 533 g/mol. The van der Waals surface area contributed by atoms with Crippen molar-refractivity contribution >= 4 is 40.2 Å². The third-order valence-electron chi connectivity index (χ3n) is 6.02. The van der Waals surface area contributed by atoms with Crippen LogP contribution in [0.1, 0.15) is 15.9 Å². The summed E-state index contributed by atoms with van der Waals surface area (Å²) in [7, 11) is 0. The smallest absolute Gasteiger partial charge is 0.269 e. The first-order chi connectivity index (χ1) is 18.5. The van der Waals surface area contributed by atoms with E-state index in [4.69, 9.17) is 9.47 Å². The van der Waals surface area contributed by atoms with Gasteiger partial charge < -0.3 is 24.7 Å². The van der Waals surface area contributed by atoms with Gasteiger partial charge in [0, 0.05) is 59.3 Å². The maximum Gasteiger partial charge on any atom is 0.269 e. The lowest BCUT2D eigenvalue weighted by Gasteiger charge is -2.07. The molecule has 10 nitrogen and oxygen atoms in total. The van der Waals surface area contributed by atoms with Crippen LogP contribution in [-0.2, 0) is 17.9 Å². The second-order valence-electron chi connectivity index (χ2n) is 8.52. The van der Waals surface area contributed by atoms with Crippen LogP contribution >= 0.6 is 11.8 Å². The third kappa shape index (κ3) is 5.73. The van der Waals surface area contributed by atoms with Crippen LogP contribution in [0.3, 0.4) is 0 Å². The fourth-order valence-electron chi connectivity index (χ4n) is 4.09. The van der Waals surface area contributed by atoms with Crippen LogP contribution in [0.4, 0.5) is 5.69 Å². The Morgan fingerprint density at radius 1 is 1.00 bits per heavy atom. The molecule has 11 heteroatoms. The number of nitrogens with one attached hydrogen (secondary N) is 2. The average Bonchev–Trinajstić information content (AvgIpc) is 3.55. The number of para-hydroxylation sites is 1. The number of nitrogens with zero attached hydrogens (tertiary/aromatic N) is 2. The molecular weight excluding hydrogens is 508 g/mol. The topological polar surface area (TPSA) is 125 Å². The molecule has 2 heterocycles. The van der Waals surface area contributed by atoms with E-state index in [9.17, 15) is 19.7 Å². The molecule has 0 radical (unpaired) electrons. The SMILES string of the molecule is O=C(CSc1cn(CCNC(=O)c2ccc([N+](=O)[O-])cc2)c2ccccc12)NCc1ccc2c(c1)OCO2. The highest BCUT2D eigenvalue weighted by atomic mass is 32.2. The van der Waals surface area contributed by atoms with Gasteiger partial charge >= 0.3 is 0 Å². The summed E-state index contributed by atoms with van der Waals surface area (Å²) in [5.41, 5.74) is 2.23. The first-order valence-electron chi connectivity index (χ1n) is 11.9. The molecule has 0 atom stereocenters. The van der Waals surface area contributed by atoms with Crippen LogP contribution in [0.5, 0.6) is 11.5 Å². The van der Waals surface area contributed by atoms with E-state index in [1.807, 2.05) is 53.2 Å². The molecule has 5 rings (SSSR count). The van der Waals surface area contributed by atoms with E-state index in [1.165, 1.54) is 36.0 Å². The monoisotopic (exact) mass is 532 g/mol. The highest BCUT2D eigenvalue weighted by molar-refractivity contribution is 8.00. The number of hydrogen-bond donors (Lipinski definition) is 2. The van der Waals surface area contributed by atoms with Crippen molar-refractivity contribution in [2.75, 3.05) is 19.1 Å². The minimum absolute atomic E-state index is 0.0630. The van der Waals surface area contributed by atoms with Gasteiger partial charge in [0.1, 0.15) is 0 Å². The number of thioether (sulfide) groups is 1. The molecule has 0 saturated heterocycles. The van der Waals surface area contributed by atoms with Gasteiger partial charge in [-0.15, -0.1) is 11.8 Å². The normalized spacial score (nSPS) is 11.9. The van der Waals surface area contributed by atoms with Gasteiger partial charge in [-0.1, -0.05) is 24.3 Å². The number of fused-ring (bicyclic) bond motifs is 2. The summed E-state index contributed by atoms with van der Waals surface area (Å²) in [6.07, 6.45) is 1.98. The van der Waals surface area contributed by atoms with Crippen molar-refractivity contribution in [1.82, 2.24) is 15.2 Å². The lowest BCUT2D eigenvalue weighted by atomic mass is 10.2. The van der Waals surface area contributed by atoms with Crippen molar-refractivity contribution < 1.29 is 24.0 Å². The Morgan fingerprint density at radius 2 is 1.79 bits per heavy atom. The van der Waals surface area contributed by atoms with Crippen molar-refractivity contribution in [1.29, 1.82) is 0 Å². The highest BCUT2D eigenvalue weighted by Crippen LogP contribution is 2.33. The maximum atomic E-state index is 12.5. The predicted molar refractivity (Wildman–Crippen MR) is 143 cm³/mol. The molecule has 1 aliphatic rings. The Morgan fingerprint density at radius 3 is 2.61 bits per heavy atom. The number of non-ortho nitro benzene ring substituents is 1. The summed E-state index contributed by atoms with van der Waals surface area (Å²) >= 11 is 1.45. The molecule has 38 heavy (non-hydrogen) atoms. The first kappa shape index (κ1) is 25.2. The molecule has 0 aliphatic carbocycles. The van der Waals surface area contributed by atoms with Crippen LogP contribution < -0.4 is 20.1 Å². The number of carbonyl (C=O) groups excluding carboxylic acids is 2. The first-order valence-corrected chi connectivity index (χ1v) is 12.8. The van der Waals surface area contributed by atoms with E-state index in [2.05, 4.69) is 10.6 Å².